The number of likely N-dealkylation sites (tertiary alicyclic amines) is 1. The summed E-state index contributed by atoms with van der Waals surface area (Å²) in [5, 5.41) is 4.14. The number of anilines is 1. The van der Waals surface area contributed by atoms with Crippen molar-refractivity contribution in [3.63, 3.8) is 0 Å². The maximum absolute atomic E-state index is 12.7. The van der Waals surface area contributed by atoms with Crippen molar-refractivity contribution < 1.29 is 14.3 Å². The van der Waals surface area contributed by atoms with Crippen LogP contribution in [0.15, 0.2) is 0 Å². The maximum Gasteiger partial charge on any atom is 0.306 e. The SMILES string of the molecule is Cc1nc2nc(N)nn2c(C)c1CCC(=O)OCC(=O)N1CCC[C@H]2CCCC[C@H]21. The lowest BCUT2D eigenvalue weighted by molar-refractivity contribution is -0.154. The number of piperidine rings is 1. The quantitative estimate of drug-likeness (QED) is 0.744. The molecule has 2 aromatic heterocycles. The first kappa shape index (κ1) is 20.6. The highest BCUT2D eigenvalue weighted by molar-refractivity contribution is 5.81. The van der Waals surface area contributed by atoms with Crippen LogP contribution >= 0.6 is 0 Å². The number of aryl methyl sites for hydroxylation is 2. The van der Waals surface area contributed by atoms with E-state index in [0.29, 0.717) is 24.2 Å². The van der Waals surface area contributed by atoms with Gasteiger partial charge in [0.15, 0.2) is 6.61 Å². The van der Waals surface area contributed by atoms with E-state index >= 15 is 0 Å². The fourth-order valence-electron chi connectivity index (χ4n) is 5.04. The molecular weight excluding hydrogens is 384 g/mol. The minimum atomic E-state index is -0.377. The van der Waals surface area contributed by atoms with E-state index in [1.165, 1.54) is 25.7 Å². The number of nitrogens with two attached hydrogens (primary N) is 1. The third-order valence-electron chi connectivity index (χ3n) is 6.56. The van der Waals surface area contributed by atoms with Crippen LogP contribution in [0.5, 0.6) is 0 Å². The molecule has 2 atom stereocenters. The van der Waals surface area contributed by atoms with Gasteiger partial charge in [-0.1, -0.05) is 12.8 Å². The molecule has 1 saturated carbocycles. The first-order chi connectivity index (χ1) is 14.4. The summed E-state index contributed by atoms with van der Waals surface area (Å²) in [4.78, 5) is 35.4. The van der Waals surface area contributed by atoms with Crippen molar-refractivity contribution >= 4 is 23.6 Å². The summed E-state index contributed by atoms with van der Waals surface area (Å²) in [5.41, 5.74) is 8.21. The lowest BCUT2D eigenvalue weighted by Gasteiger charge is -2.44. The average molecular weight is 415 g/mol. The van der Waals surface area contributed by atoms with E-state index in [1.807, 2.05) is 18.7 Å². The van der Waals surface area contributed by atoms with Crippen LogP contribution in [0.2, 0.25) is 0 Å². The molecule has 9 nitrogen and oxygen atoms in total. The first-order valence-corrected chi connectivity index (χ1v) is 10.9. The van der Waals surface area contributed by atoms with Gasteiger partial charge < -0.3 is 15.4 Å². The number of nitrogens with zero attached hydrogens (tertiary/aromatic N) is 5. The van der Waals surface area contributed by atoms with Crippen LogP contribution in [-0.2, 0) is 20.7 Å². The van der Waals surface area contributed by atoms with E-state index < -0.39 is 0 Å². The molecular formula is C21H30N6O3. The van der Waals surface area contributed by atoms with E-state index in [1.54, 1.807) is 4.52 Å². The Bertz CT molecular complexity index is 954. The fourth-order valence-corrected chi connectivity index (χ4v) is 5.04. The number of fused-ring (bicyclic) bond motifs is 2. The fraction of sp³-hybridized carbons (Fsp3) is 0.667. The number of esters is 1. The molecule has 0 aromatic carbocycles. The first-order valence-electron chi connectivity index (χ1n) is 10.9. The Morgan fingerprint density at radius 3 is 2.73 bits per heavy atom. The number of carbonyl (C=O) groups excluding carboxylic acids is 2. The van der Waals surface area contributed by atoms with Crippen molar-refractivity contribution in [1.29, 1.82) is 0 Å². The van der Waals surface area contributed by atoms with Crippen LogP contribution in [0.25, 0.3) is 5.78 Å². The summed E-state index contributed by atoms with van der Waals surface area (Å²) in [5.74, 6) is 0.789. The summed E-state index contributed by atoms with van der Waals surface area (Å²) in [7, 11) is 0. The maximum atomic E-state index is 12.7. The smallest absolute Gasteiger partial charge is 0.306 e. The molecule has 1 aliphatic heterocycles. The highest BCUT2D eigenvalue weighted by Crippen LogP contribution is 2.35. The van der Waals surface area contributed by atoms with Crippen molar-refractivity contribution in [2.75, 3.05) is 18.9 Å². The number of rotatable bonds is 5. The molecule has 4 rings (SSSR count). The van der Waals surface area contributed by atoms with Crippen LogP contribution in [0.1, 0.15) is 61.9 Å². The normalized spacial score (nSPS) is 21.5. The minimum absolute atomic E-state index is 0.0616. The van der Waals surface area contributed by atoms with Gasteiger partial charge in [0, 0.05) is 30.4 Å². The molecule has 2 N–H and O–H groups in total. The second-order valence-electron chi connectivity index (χ2n) is 8.44. The highest BCUT2D eigenvalue weighted by Gasteiger charge is 2.35. The zero-order valence-corrected chi connectivity index (χ0v) is 17.8. The molecule has 9 heteroatoms. The topological polar surface area (TPSA) is 116 Å². The van der Waals surface area contributed by atoms with Crippen molar-refractivity contribution in [2.24, 2.45) is 5.92 Å². The van der Waals surface area contributed by atoms with Gasteiger partial charge in [0.25, 0.3) is 11.7 Å². The van der Waals surface area contributed by atoms with Gasteiger partial charge in [0.1, 0.15) is 0 Å². The van der Waals surface area contributed by atoms with Gasteiger partial charge in [-0.25, -0.2) is 4.98 Å². The lowest BCUT2D eigenvalue weighted by atomic mass is 9.78. The second kappa shape index (κ2) is 8.57. The van der Waals surface area contributed by atoms with Gasteiger partial charge in [-0.3, -0.25) is 9.59 Å². The van der Waals surface area contributed by atoms with Crippen molar-refractivity contribution in [3.8, 4) is 0 Å². The molecule has 0 radical (unpaired) electrons. The number of ether oxygens (including phenoxy) is 1. The Balaban J connectivity index is 1.32. The van der Waals surface area contributed by atoms with E-state index in [2.05, 4.69) is 15.1 Å². The highest BCUT2D eigenvalue weighted by atomic mass is 16.5. The Kier molecular flexibility index (Phi) is 5.87. The summed E-state index contributed by atoms with van der Waals surface area (Å²) >= 11 is 0. The molecule has 162 valence electrons. The van der Waals surface area contributed by atoms with Crippen LogP contribution in [0.4, 0.5) is 5.95 Å². The molecule has 0 bridgehead atoms. The molecule has 2 fully saturated rings. The molecule has 2 aliphatic rings. The Hall–Kier alpha value is -2.71. The van der Waals surface area contributed by atoms with E-state index in [-0.39, 0.29) is 30.9 Å². The molecule has 0 spiro atoms. The van der Waals surface area contributed by atoms with Crippen molar-refractivity contribution in [2.45, 2.75) is 71.3 Å². The van der Waals surface area contributed by atoms with Crippen LogP contribution in [-0.4, -0.2) is 55.6 Å². The monoisotopic (exact) mass is 414 g/mol. The van der Waals surface area contributed by atoms with Crippen LogP contribution in [0, 0.1) is 19.8 Å². The molecule has 1 aliphatic carbocycles. The van der Waals surface area contributed by atoms with Crippen LogP contribution < -0.4 is 5.73 Å². The summed E-state index contributed by atoms with van der Waals surface area (Å²) in [6, 6.07) is 0.330. The predicted octanol–water partition coefficient (Wildman–Crippen LogP) is 1.98. The number of hydrogen-bond donors (Lipinski definition) is 1. The van der Waals surface area contributed by atoms with Gasteiger partial charge in [0.2, 0.25) is 5.95 Å². The summed E-state index contributed by atoms with van der Waals surface area (Å²) in [6.45, 7) is 4.38. The van der Waals surface area contributed by atoms with Crippen molar-refractivity contribution in [3.05, 3.63) is 17.0 Å². The van der Waals surface area contributed by atoms with Gasteiger partial charge in [0.05, 0.1) is 0 Å². The number of amides is 1. The lowest BCUT2D eigenvalue weighted by Crippen LogP contribution is -2.50. The summed E-state index contributed by atoms with van der Waals surface area (Å²) in [6.07, 6.45) is 7.62. The molecule has 0 unspecified atom stereocenters. The van der Waals surface area contributed by atoms with E-state index in [0.717, 1.165) is 36.3 Å². The largest absolute Gasteiger partial charge is 0.456 e. The Labute approximate surface area is 176 Å². The average Bonchev–Trinajstić information content (AvgIpc) is 3.11. The second-order valence-corrected chi connectivity index (χ2v) is 8.44. The Morgan fingerprint density at radius 2 is 1.90 bits per heavy atom. The Morgan fingerprint density at radius 1 is 1.13 bits per heavy atom. The number of nitrogen functional groups attached to an aromatic ring is 1. The molecule has 1 saturated heterocycles. The van der Waals surface area contributed by atoms with Gasteiger partial charge in [-0.05, 0) is 57.4 Å². The molecule has 2 aromatic rings. The van der Waals surface area contributed by atoms with E-state index in [9.17, 15) is 9.59 Å². The van der Waals surface area contributed by atoms with E-state index in [4.69, 9.17) is 10.5 Å². The number of aromatic nitrogens is 4. The minimum Gasteiger partial charge on any atom is -0.456 e. The van der Waals surface area contributed by atoms with Gasteiger partial charge >= 0.3 is 5.97 Å². The third-order valence-corrected chi connectivity index (χ3v) is 6.56. The zero-order valence-electron chi connectivity index (χ0n) is 17.8. The molecule has 1 amide bonds. The molecule has 30 heavy (non-hydrogen) atoms. The zero-order chi connectivity index (χ0) is 21.3. The van der Waals surface area contributed by atoms with Gasteiger partial charge in [-0.2, -0.15) is 9.50 Å². The third kappa shape index (κ3) is 4.11. The predicted molar refractivity (Wildman–Crippen MR) is 111 cm³/mol. The molecule has 3 heterocycles. The van der Waals surface area contributed by atoms with Crippen LogP contribution in [0.3, 0.4) is 0 Å². The number of hydrogen-bond acceptors (Lipinski definition) is 7. The standard InChI is InChI=1S/C21H30N6O3/c1-13-16(14(2)27-21(23-13)24-20(22)25-27)9-10-19(29)30-12-18(28)26-11-5-7-15-6-3-4-8-17(15)26/h15,17H,3-12H2,1-2H3,(H2,22,25)/t15-,17-/m1/s1. The summed E-state index contributed by atoms with van der Waals surface area (Å²) < 4.78 is 6.91. The van der Waals surface area contributed by atoms with Crippen molar-refractivity contribution in [1.82, 2.24) is 24.5 Å². The number of carbonyl (C=O) groups is 2. The van der Waals surface area contributed by atoms with Gasteiger partial charge in [-0.15, -0.1) is 5.10 Å².